The van der Waals surface area contributed by atoms with Crippen molar-refractivity contribution in [2.24, 2.45) is 0 Å². The first-order chi connectivity index (χ1) is 7.59. The summed E-state index contributed by atoms with van der Waals surface area (Å²) in [6.07, 6.45) is 1.05. The maximum Gasteiger partial charge on any atom is 0.227 e. The molecule has 0 spiro atoms. The van der Waals surface area contributed by atoms with Crippen LogP contribution in [0, 0.1) is 0 Å². The van der Waals surface area contributed by atoms with E-state index in [4.69, 9.17) is 11.6 Å². The zero-order valence-electron chi connectivity index (χ0n) is 8.94. The number of Topliss-reactive ketones (excluding diaryl/α,β-unsaturated/α-hetero) is 1. The lowest BCUT2D eigenvalue weighted by atomic mass is 10.1. The van der Waals surface area contributed by atoms with Gasteiger partial charge in [-0.15, -0.1) is 0 Å². The van der Waals surface area contributed by atoms with Gasteiger partial charge in [0.25, 0.3) is 0 Å². The number of hydrogen-bond acceptors (Lipinski definition) is 2. The van der Waals surface area contributed by atoms with Crippen LogP contribution in [0.2, 0.25) is 5.02 Å². The molecule has 1 aliphatic rings. The fourth-order valence-electron chi connectivity index (χ4n) is 1.99. The van der Waals surface area contributed by atoms with Gasteiger partial charge in [-0.05, 0) is 37.6 Å². The van der Waals surface area contributed by atoms with E-state index in [-0.39, 0.29) is 17.7 Å². The molecule has 1 saturated heterocycles. The van der Waals surface area contributed by atoms with Gasteiger partial charge in [-0.25, -0.2) is 0 Å². The van der Waals surface area contributed by atoms with Crippen LogP contribution >= 0.6 is 11.6 Å². The molecule has 84 valence electrons. The van der Waals surface area contributed by atoms with Crippen molar-refractivity contribution in [2.45, 2.75) is 25.8 Å². The van der Waals surface area contributed by atoms with Crippen LogP contribution in [0.25, 0.3) is 0 Å². The number of nitrogens with zero attached hydrogens (tertiary/aromatic N) is 1. The molecule has 0 aromatic heterocycles. The smallest absolute Gasteiger partial charge is 0.227 e. The van der Waals surface area contributed by atoms with Crippen molar-refractivity contribution in [1.29, 1.82) is 0 Å². The van der Waals surface area contributed by atoms with E-state index in [9.17, 15) is 9.59 Å². The molecular weight excluding hydrogens is 226 g/mol. The van der Waals surface area contributed by atoms with Crippen LogP contribution in [-0.2, 0) is 9.59 Å². The molecule has 3 nitrogen and oxygen atoms in total. The van der Waals surface area contributed by atoms with Crippen LogP contribution in [0.4, 0.5) is 5.69 Å². The largest absolute Gasteiger partial charge is 0.302 e. The number of amides is 1. The number of benzene rings is 1. The van der Waals surface area contributed by atoms with E-state index in [1.807, 2.05) is 0 Å². The van der Waals surface area contributed by atoms with E-state index < -0.39 is 0 Å². The third kappa shape index (κ3) is 1.95. The molecule has 1 aromatic rings. The second-order valence-electron chi connectivity index (χ2n) is 3.91. The predicted molar refractivity (Wildman–Crippen MR) is 62.6 cm³/mol. The molecule has 1 aromatic carbocycles. The number of ketones is 1. The minimum atomic E-state index is -0.311. The van der Waals surface area contributed by atoms with Gasteiger partial charge in [0, 0.05) is 17.1 Å². The molecule has 0 aliphatic carbocycles. The minimum Gasteiger partial charge on any atom is -0.302 e. The molecule has 4 heteroatoms. The van der Waals surface area contributed by atoms with E-state index in [0.29, 0.717) is 17.9 Å². The third-order valence-corrected chi connectivity index (χ3v) is 3.04. The molecule has 0 unspecified atom stereocenters. The van der Waals surface area contributed by atoms with Gasteiger partial charge in [0.15, 0.2) is 5.78 Å². The van der Waals surface area contributed by atoms with Gasteiger partial charge in [0.2, 0.25) is 5.91 Å². The summed E-state index contributed by atoms with van der Waals surface area (Å²) >= 11 is 5.78. The Kier molecular flexibility index (Phi) is 2.97. The van der Waals surface area contributed by atoms with E-state index in [0.717, 1.165) is 5.69 Å². The van der Waals surface area contributed by atoms with Crippen molar-refractivity contribution in [3.8, 4) is 0 Å². The Labute approximate surface area is 99.0 Å². The maximum absolute atomic E-state index is 11.7. The number of carbonyl (C=O) groups is 2. The summed E-state index contributed by atoms with van der Waals surface area (Å²) in [6, 6.07) is 6.66. The molecule has 2 rings (SSSR count). The molecule has 0 bridgehead atoms. The average Bonchev–Trinajstić information content (AvgIpc) is 2.62. The zero-order chi connectivity index (χ0) is 11.7. The number of carbonyl (C=O) groups excluding carboxylic acids is 2. The van der Waals surface area contributed by atoms with Crippen molar-refractivity contribution in [3.63, 3.8) is 0 Å². The SMILES string of the molecule is CC(=O)[C@@H]1CCC(=O)N1c1ccc(Cl)cc1. The van der Waals surface area contributed by atoms with Crippen molar-refractivity contribution >= 4 is 29.0 Å². The van der Waals surface area contributed by atoms with Crippen LogP contribution in [0.1, 0.15) is 19.8 Å². The van der Waals surface area contributed by atoms with E-state index in [1.54, 1.807) is 29.2 Å². The molecule has 0 N–H and O–H groups in total. The van der Waals surface area contributed by atoms with Gasteiger partial charge < -0.3 is 4.90 Å². The van der Waals surface area contributed by atoms with Gasteiger partial charge in [0.1, 0.15) is 0 Å². The first kappa shape index (κ1) is 11.1. The quantitative estimate of drug-likeness (QED) is 0.792. The van der Waals surface area contributed by atoms with Gasteiger partial charge >= 0.3 is 0 Å². The highest BCUT2D eigenvalue weighted by atomic mass is 35.5. The van der Waals surface area contributed by atoms with Gasteiger partial charge in [0.05, 0.1) is 6.04 Å². The second kappa shape index (κ2) is 4.26. The Morgan fingerprint density at radius 1 is 1.38 bits per heavy atom. The molecular formula is C12H12ClNO2. The van der Waals surface area contributed by atoms with E-state index in [1.165, 1.54) is 6.92 Å². The van der Waals surface area contributed by atoms with E-state index >= 15 is 0 Å². The number of anilines is 1. The van der Waals surface area contributed by atoms with Crippen LogP contribution in [0.15, 0.2) is 24.3 Å². The predicted octanol–water partition coefficient (Wildman–Crippen LogP) is 2.42. The first-order valence-electron chi connectivity index (χ1n) is 5.17. The number of rotatable bonds is 2. The number of halogens is 1. The average molecular weight is 238 g/mol. The summed E-state index contributed by atoms with van der Waals surface area (Å²) in [7, 11) is 0. The van der Waals surface area contributed by atoms with Crippen LogP contribution in [0.3, 0.4) is 0 Å². The Bertz CT molecular complexity index is 427. The fraction of sp³-hybridized carbons (Fsp3) is 0.333. The summed E-state index contributed by atoms with van der Waals surface area (Å²) in [4.78, 5) is 24.7. The Morgan fingerprint density at radius 2 is 2.00 bits per heavy atom. The Morgan fingerprint density at radius 3 is 2.56 bits per heavy atom. The topological polar surface area (TPSA) is 37.4 Å². The minimum absolute atomic E-state index is 0.00234. The fourth-order valence-corrected chi connectivity index (χ4v) is 2.12. The zero-order valence-corrected chi connectivity index (χ0v) is 9.70. The van der Waals surface area contributed by atoms with Crippen molar-refractivity contribution < 1.29 is 9.59 Å². The molecule has 0 saturated carbocycles. The van der Waals surface area contributed by atoms with Gasteiger partial charge in [-0.3, -0.25) is 9.59 Å². The van der Waals surface area contributed by atoms with Crippen LogP contribution < -0.4 is 4.90 Å². The second-order valence-corrected chi connectivity index (χ2v) is 4.34. The Balaban J connectivity index is 2.33. The van der Waals surface area contributed by atoms with Crippen LogP contribution in [-0.4, -0.2) is 17.7 Å². The molecule has 0 radical (unpaired) electrons. The van der Waals surface area contributed by atoms with Gasteiger partial charge in [-0.2, -0.15) is 0 Å². The summed E-state index contributed by atoms with van der Waals surface area (Å²) in [6.45, 7) is 1.52. The monoisotopic (exact) mass is 237 g/mol. The summed E-state index contributed by atoms with van der Waals surface area (Å²) < 4.78 is 0. The normalized spacial score (nSPS) is 20.2. The summed E-state index contributed by atoms with van der Waals surface area (Å²) in [5.41, 5.74) is 0.743. The van der Waals surface area contributed by atoms with Gasteiger partial charge in [-0.1, -0.05) is 11.6 Å². The molecule has 1 fully saturated rings. The van der Waals surface area contributed by atoms with Crippen molar-refractivity contribution in [3.05, 3.63) is 29.3 Å². The summed E-state index contributed by atoms with van der Waals surface area (Å²) in [5.74, 6) is 0.0309. The van der Waals surface area contributed by atoms with E-state index in [2.05, 4.69) is 0 Å². The van der Waals surface area contributed by atoms with Crippen LogP contribution in [0.5, 0.6) is 0 Å². The first-order valence-corrected chi connectivity index (χ1v) is 5.55. The Hall–Kier alpha value is -1.35. The standard InChI is InChI=1S/C12H12ClNO2/c1-8(15)11-6-7-12(16)14(11)10-4-2-9(13)3-5-10/h2-5,11H,6-7H2,1H3/t11-/m0/s1. The number of hydrogen-bond donors (Lipinski definition) is 0. The highest BCUT2D eigenvalue weighted by Gasteiger charge is 2.34. The van der Waals surface area contributed by atoms with Crippen molar-refractivity contribution in [2.75, 3.05) is 4.90 Å². The lowest BCUT2D eigenvalue weighted by molar-refractivity contribution is -0.121. The molecule has 1 heterocycles. The maximum atomic E-state index is 11.7. The molecule has 16 heavy (non-hydrogen) atoms. The third-order valence-electron chi connectivity index (χ3n) is 2.79. The molecule has 1 amide bonds. The highest BCUT2D eigenvalue weighted by molar-refractivity contribution is 6.30. The molecule has 1 aliphatic heterocycles. The van der Waals surface area contributed by atoms with Crippen molar-refractivity contribution in [1.82, 2.24) is 0 Å². The lowest BCUT2D eigenvalue weighted by Crippen LogP contribution is -2.37. The summed E-state index contributed by atoms with van der Waals surface area (Å²) in [5, 5.41) is 0.620. The highest BCUT2D eigenvalue weighted by Crippen LogP contribution is 2.28. The lowest BCUT2D eigenvalue weighted by Gasteiger charge is -2.22. The molecule has 1 atom stereocenters.